The zero-order chi connectivity index (χ0) is 12.0. The number of nitrogens with one attached hydrogen (secondary N) is 1. The lowest BCUT2D eigenvalue weighted by atomic mass is 9.43. The quantitative estimate of drug-likeness (QED) is 0.846. The second-order valence-corrected chi connectivity index (χ2v) is 6.79. The Labute approximate surface area is 104 Å². The van der Waals surface area contributed by atoms with Crippen molar-refractivity contribution in [3.8, 4) is 0 Å². The molecule has 1 N–H and O–H groups in total. The van der Waals surface area contributed by atoms with E-state index in [2.05, 4.69) is 30.7 Å². The highest BCUT2D eigenvalue weighted by molar-refractivity contribution is 5.05. The van der Waals surface area contributed by atoms with Crippen LogP contribution >= 0.6 is 0 Å². The minimum atomic E-state index is 0.626. The predicted octanol–water partition coefficient (Wildman–Crippen LogP) is 3.66. The van der Waals surface area contributed by atoms with Crippen molar-refractivity contribution in [3.63, 3.8) is 0 Å². The van der Waals surface area contributed by atoms with E-state index in [-0.39, 0.29) is 0 Å². The van der Waals surface area contributed by atoms with E-state index in [0.717, 1.165) is 35.9 Å². The van der Waals surface area contributed by atoms with Gasteiger partial charge in [0, 0.05) is 18.8 Å². The van der Waals surface area contributed by atoms with Gasteiger partial charge in [-0.25, -0.2) is 4.98 Å². The highest BCUT2D eigenvalue weighted by Crippen LogP contribution is 2.63. The number of H-pyrrole nitrogens is 1. The summed E-state index contributed by atoms with van der Waals surface area (Å²) in [6, 6.07) is 0. The van der Waals surface area contributed by atoms with E-state index in [1.807, 2.05) is 12.4 Å². The Balaban J connectivity index is 1.60. The molecular formula is C15H24N2. The summed E-state index contributed by atoms with van der Waals surface area (Å²) in [7, 11) is 0. The molecule has 2 nitrogen and oxygen atoms in total. The van der Waals surface area contributed by atoms with Crippen LogP contribution in [0.25, 0.3) is 0 Å². The summed E-state index contributed by atoms with van der Waals surface area (Å²) in [5.74, 6) is 4.96. The first kappa shape index (κ1) is 11.3. The molecule has 1 aromatic heterocycles. The molecule has 0 spiro atoms. The van der Waals surface area contributed by atoms with E-state index in [0.29, 0.717) is 5.41 Å². The number of aryl methyl sites for hydroxylation is 1. The van der Waals surface area contributed by atoms with Crippen LogP contribution in [0.2, 0.25) is 0 Å². The molecule has 3 saturated carbocycles. The van der Waals surface area contributed by atoms with E-state index < -0.39 is 0 Å². The monoisotopic (exact) mass is 232 g/mol. The van der Waals surface area contributed by atoms with Crippen LogP contribution in [-0.2, 0) is 6.42 Å². The number of hydrogen-bond acceptors (Lipinski definition) is 1. The topological polar surface area (TPSA) is 28.7 Å². The van der Waals surface area contributed by atoms with Crippen LogP contribution in [0.5, 0.6) is 0 Å². The Morgan fingerprint density at radius 3 is 2.82 bits per heavy atom. The van der Waals surface area contributed by atoms with Gasteiger partial charge in [-0.1, -0.05) is 20.8 Å². The Morgan fingerprint density at radius 1 is 1.41 bits per heavy atom. The second-order valence-electron chi connectivity index (χ2n) is 6.79. The summed E-state index contributed by atoms with van der Waals surface area (Å²) in [5.41, 5.74) is 0.626. The molecule has 0 saturated heterocycles. The standard InChI is InChI=1S/C15H24N2/c1-10-11(4-5-14-16-6-7-17-14)8-12-9-13(10)15(12,2)3/h6-7,10-13H,4-5,8-9H2,1-3H3,(H,16,17)/t10-,11+,12+,13+/m1/s1. The first-order valence-electron chi connectivity index (χ1n) is 7.07. The zero-order valence-electron chi connectivity index (χ0n) is 11.2. The molecule has 3 fully saturated rings. The van der Waals surface area contributed by atoms with Gasteiger partial charge in [0.25, 0.3) is 0 Å². The molecule has 4 rings (SSSR count). The Hall–Kier alpha value is -0.790. The zero-order valence-corrected chi connectivity index (χ0v) is 11.2. The molecule has 0 unspecified atom stereocenters. The lowest BCUT2D eigenvalue weighted by Gasteiger charge is -2.62. The minimum Gasteiger partial charge on any atom is -0.349 e. The van der Waals surface area contributed by atoms with Gasteiger partial charge < -0.3 is 4.98 Å². The van der Waals surface area contributed by atoms with Gasteiger partial charge in [0.15, 0.2) is 0 Å². The van der Waals surface area contributed by atoms with Crippen molar-refractivity contribution < 1.29 is 0 Å². The van der Waals surface area contributed by atoms with Gasteiger partial charge in [0.05, 0.1) is 0 Å². The molecule has 2 heteroatoms. The highest BCUT2D eigenvalue weighted by Gasteiger charge is 2.55. The fraction of sp³-hybridized carbons (Fsp3) is 0.800. The van der Waals surface area contributed by atoms with Crippen molar-refractivity contribution in [1.82, 2.24) is 9.97 Å². The number of rotatable bonds is 3. The molecule has 0 radical (unpaired) electrons. The Kier molecular flexibility index (Phi) is 2.57. The van der Waals surface area contributed by atoms with Crippen molar-refractivity contribution in [1.29, 1.82) is 0 Å². The van der Waals surface area contributed by atoms with Gasteiger partial charge >= 0.3 is 0 Å². The molecule has 4 atom stereocenters. The van der Waals surface area contributed by atoms with Gasteiger partial charge in [-0.2, -0.15) is 0 Å². The van der Waals surface area contributed by atoms with Crippen LogP contribution in [0, 0.1) is 29.1 Å². The molecule has 0 aromatic carbocycles. The average molecular weight is 232 g/mol. The molecule has 17 heavy (non-hydrogen) atoms. The van der Waals surface area contributed by atoms with Crippen LogP contribution < -0.4 is 0 Å². The average Bonchev–Trinajstić information content (AvgIpc) is 2.79. The number of nitrogens with zero attached hydrogens (tertiary/aromatic N) is 1. The van der Waals surface area contributed by atoms with E-state index in [1.165, 1.54) is 19.3 Å². The second kappa shape index (κ2) is 3.86. The van der Waals surface area contributed by atoms with Crippen molar-refractivity contribution in [3.05, 3.63) is 18.2 Å². The predicted molar refractivity (Wildman–Crippen MR) is 69.6 cm³/mol. The third kappa shape index (κ3) is 1.73. The molecule has 0 amide bonds. The van der Waals surface area contributed by atoms with Gasteiger partial charge in [0.1, 0.15) is 5.82 Å². The first-order chi connectivity index (χ1) is 8.09. The lowest BCUT2D eigenvalue weighted by Crippen LogP contribution is -2.54. The van der Waals surface area contributed by atoms with E-state index in [9.17, 15) is 0 Å². The van der Waals surface area contributed by atoms with Crippen molar-refractivity contribution in [2.45, 2.75) is 46.5 Å². The number of imidazole rings is 1. The smallest absolute Gasteiger partial charge is 0.106 e. The first-order valence-corrected chi connectivity index (χ1v) is 7.07. The Morgan fingerprint density at radius 2 is 2.24 bits per heavy atom. The molecule has 1 aromatic rings. The summed E-state index contributed by atoms with van der Waals surface area (Å²) in [6.45, 7) is 7.44. The molecular weight excluding hydrogens is 208 g/mol. The molecule has 0 aliphatic heterocycles. The van der Waals surface area contributed by atoms with Gasteiger partial charge in [-0.05, 0) is 48.3 Å². The fourth-order valence-electron chi connectivity index (χ4n) is 4.39. The SMILES string of the molecule is C[C@@H]1[C@@H](CCc2ncc[nH]2)C[C@H]2C[C@@H]1C2(C)C. The lowest BCUT2D eigenvalue weighted by molar-refractivity contribution is -0.129. The van der Waals surface area contributed by atoms with E-state index in [1.54, 1.807) is 0 Å². The normalized spacial score (nSPS) is 38.8. The molecule has 3 aliphatic carbocycles. The summed E-state index contributed by atoms with van der Waals surface area (Å²) >= 11 is 0. The Bertz CT molecular complexity index is 380. The maximum Gasteiger partial charge on any atom is 0.106 e. The number of fused-ring (bicyclic) bond motifs is 2. The number of hydrogen-bond donors (Lipinski definition) is 1. The third-order valence-corrected chi connectivity index (χ3v) is 5.82. The molecule has 94 valence electrons. The van der Waals surface area contributed by atoms with Crippen molar-refractivity contribution >= 4 is 0 Å². The largest absolute Gasteiger partial charge is 0.349 e. The maximum absolute atomic E-state index is 4.33. The molecule has 2 bridgehead atoms. The van der Waals surface area contributed by atoms with Crippen LogP contribution in [-0.4, -0.2) is 9.97 Å². The van der Waals surface area contributed by atoms with Crippen LogP contribution in [0.3, 0.4) is 0 Å². The number of aromatic nitrogens is 2. The third-order valence-electron chi connectivity index (χ3n) is 5.82. The van der Waals surface area contributed by atoms with Crippen LogP contribution in [0.1, 0.15) is 45.9 Å². The summed E-state index contributed by atoms with van der Waals surface area (Å²) in [5, 5.41) is 0. The maximum atomic E-state index is 4.33. The van der Waals surface area contributed by atoms with Gasteiger partial charge in [-0.3, -0.25) is 0 Å². The molecule has 1 heterocycles. The van der Waals surface area contributed by atoms with Crippen LogP contribution in [0.4, 0.5) is 0 Å². The van der Waals surface area contributed by atoms with E-state index in [4.69, 9.17) is 0 Å². The fourth-order valence-corrected chi connectivity index (χ4v) is 4.39. The molecule has 3 aliphatic rings. The minimum absolute atomic E-state index is 0.626. The van der Waals surface area contributed by atoms with Crippen molar-refractivity contribution in [2.75, 3.05) is 0 Å². The van der Waals surface area contributed by atoms with Crippen LogP contribution in [0.15, 0.2) is 12.4 Å². The summed E-state index contributed by atoms with van der Waals surface area (Å²) in [4.78, 5) is 7.55. The number of aromatic amines is 1. The summed E-state index contributed by atoms with van der Waals surface area (Å²) in [6.07, 6.45) is 9.18. The van der Waals surface area contributed by atoms with Gasteiger partial charge in [-0.15, -0.1) is 0 Å². The van der Waals surface area contributed by atoms with Gasteiger partial charge in [0.2, 0.25) is 0 Å². The van der Waals surface area contributed by atoms with Crippen molar-refractivity contribution in [2.24, 2.45) is 29.1 Å². The van der Waals surface area contributed by atoms with E-state index >= 15 is 0 Å². The summed E-state index contributed by atoms with van der Waals surface area (Å²) < 4.78 is 0. The highest BCUT2D eigenvalue weighted by atomic mass is 14.9.